The second-order valence-corrected chi connectivity index (χ2v) is 4.67. The molecule has 3 aromatic rings. The van der Waals surface area contributed by atoms with Gasteiger partial charge in [-0.2, -0.15) is 5.10 Å². The van der Waals surface area contributed by atoms with E-state index in [-0.39, 0.29) is 6.04 Å². The van der Waals surface area contributed by atoms with Crippen molar-refractivity contribution in [3.8, 4) is 11.3 Å². The van der Waals surface area contributed by atoms with Crippen molar-refractivity contribution in [2.75, 3.05) is 5.32 Å². The van der Waals surface area contributed by atoms with Crippen LogP contribution < -0.4 is 5.32 Å². The van der Waals surface area contributed by atoms with E-state index in [0.717, 1.165) is 29.1 Å². The summed E-state index contributed by atoms with van der Waals surface area (Å²) >= 11 is 0. The largest absolute Gasteiger partial charge is 0.467 e. The Labute approximate surface area is 117 Å². The van der Waals surface area contributed by atoms with Crippen LogP contribution in [0.1, 0.15) is 25.1 Å². The first-order valence-electron chi connectivity index (χ1n) is 6.76. The van der Waals surface area contributed by atoms with Crippen LogP contribution in [-0.4, -0.2) is 10.2 Å². The molecule has 0 bridgehead atoms. The molecule has 1 atom stereocenters. The molecule has 0 aliphatic heterocycles. The Bertz CT molecular complexity index is 644. The zero-order valence-corrected chi connectivity index (χ0v) is 11.3. The van der Waals surface area contributed by atoms with Crippen LogP contribution in [0.5, 0.6) is 0 Å². The fourth-order valence-corrected chi connectivity index (χ4v) is 2.26. The van der Waals surface area contributed by atoms with Gasteiger partial charge in [-0.05, 0) is 36.8 Å². The van der Waals surface area contributed by atoms with E-state index in [2.05, 4.69) is 40.6 Å². The quantitative estimate of drug-likeness (QED) is 0.727. The molecule has 0 spiro atoms. The smallest absolute Gasteiger partial charge is 0.125 e. The van der Waals surface area contributed by atoms with Gasteiger partial charge in [0.05, 0.1) is 18.0 Å². The molecule has 2 N–H and O–H groups in total. The third-order valence-corrected chi connectivity index (χ3v) is 3.31. The summed E-state index contributed by atoms with van der Waals surface area (Å²) in [7, 11) is 0. The van der Waals surface area contributed by atoms with Crippen LogP contribution >= 0.6 is 0 Å². The van der Waals surface area contributed by atoms with E-state index >= 15 is 0 Å². The highest BCUT2D eigenvalue weighted by atomic mass is 16.3. The Morgan fingerprint density at radius 3 is 2.90 bits per heavy atom. The molecule has 0 amide bonds. The van der Waals surface area contributed by atoms with E-state index in [4.69, 9.17) is 4.42 Å². The molecular formula is C16H17N3O. The Hall–Kier alpha value is -2.49. The highest BCUT2D eigenvalue weighted by Gasteiger charge is 2.12. The summed E-state index contributed by atoms with van der Waals surface area (Å²) in [4.78, 5) is 0. The van der Waals surface area contributed by atoms with Gasteiger partial charge in [-0.3, -0.25) is 5.10 Å². The van der Waals surface area contributed by atoms with E-state index in [9.17, 15) is 0 Å². The lowest BCUT2D eigenvalue weighted by Crippen LogP contribution is -2.08. The summed E-state index contributed by atoms with van der Waals surface area (Å²) in [6, 6.07) is 14.3. The second kappa shape index (κ2) is 5.65. The predicted octanol–water partition coefficient (Wildman–Crippen LogP) is 4.23. The lowest BCUT2D eigenvalue weighted by atomic mass is 10.1. The molecule has 2 heterocycles. The maximum absolute atomic E-state index is 5.48. The molecule has 0 aliphatic carbocycles. The van der Waals surface area contributed by atoms with Gasteiger partial charge in [-0.15, -0.1) is 0 Å². The molecule has 4 nitrogen and oxygen atoms in total. The van der Waals surface area contributed by atoms with Crippen LogP contribution in [-0.2, 0) is 0 Å². The van der Waals surface area contributed by atoms with Crippen LogP contribution in [0.3, 0.4) is 0 Å². The molecule has 0 saturated carbocycles. The third kappa shape index (κ3) is 2.59. The Morgan fingerprint density at radius 2 is 2.20 bits per heavy atom. The second-order valence-electron chi connectivity index (χ2n) is 4.67. The zero-order chi connectivity index (χ0) is 13.8. The lowest BCUT2D eigenvalue weighted by molar-refractivity contribution is 0.474. The molecule has 1 aromatic carbocycles. The van der Waals surface area contributed by atoms with Crippen molar-refractivity contribution in [2.45, 2.75) is 19.4 Å². The zero-order valence-electron chi connectivity index (χ0n) is 11.3. The number of nitrogens with zero attached hydrogens (tertiary/aromatic N) is 1. The van der Waals surface area contributed by atoms with Crippen LogP contribution in [0.4, 0.5) is 5.69 Å². The first kappa shape index (κ1) is 12.5. The number of hydrogen-bond acceptors (Lipinski definition) is 3. The van der Waals surface area contributed by atoms with Crippen LogP contribution in [0.15, 0.2) is 59.3 Å². The van der Waals surface area contributed by atoms with Gasteiger partial charge < -0.3 is 9.73 Å². The molecule has 0 saturated heterocycles. The van der Waals surface area contributed by atoms with Gasteiger partial charge in [0, 0.05) is 17.4 Å². The molecule has 1 unspecified atom stereocenters. The molecule has 0 aliphatic rings. The average molecular weight is 267 g/mol. The molecule has 2 aromatic heterocycles. The number of hydrogen-bond donors (Lipinski definition) is 2. The maximum Gasteiger partial charge on any atom is 0.125 e. The van der Waals surface area contributed by atoms with Crippen LogP contribution in [0, 0.1) is 0 Å². The summed E-state index contributed by atoms with van der Waals surface area (Å²) in [6.07, 6.45) is 4.43. The predicted molar refractivity (Wildman–Crippen MR) is 79.4 cm³/mol. The minimum absolute atomic E-state index is 0.182. The average Bonchev–Trinajstić information content (AvgIpc) is 3.17. The van der Waals surface area contributed by atoms with Crippen LogP contribution in [0.2, 0.25) is 0 Å². The minimum atomic E-state index is 0.182. The molecule has 102 valence electrons. The van der Waals surface area contributed by atoms with Crippen molar-refractivity contribution in [1.82, 2.24) is 10.2 Å². The van der Waals surface area contributed by atoms with Crippen molar-refractivity contribution in [2.24, 2.45) is 0 Å². The summed E-state index contributed by atoms with van der Waals surface area (Å²) < 4.78 is 5.48. The first-order chi connectivity index (χ1) is 9.86. The van der Waals surface area contributed by atoms with Gasteiger partial charge in [0.25, 0.3) is 0 Å². The number of benzene rings is 1. The lowest BCUT2D eigenvalue weighted by Gasteiger charge is -2.16. The van der Waals surface area contributed by atoms with Gasteiger partial charge in [-0.25, -0.2) is 0 Å². The van der Waals surface area contributed by atoms with Gasteiger partial charge in [0.1, 0.15) is 5.76 Å². The van der Waals surface area contributed by atoms with E-state index in [1.165, 1.54) is 0 Å². The van der Waals surface area contributed by atoms with Crippen molar-refractivity contribution >= 4 is 5.69 Å². The first-order valence-corrected chi connectivity index (χ1v) is 6.76. The van der Waals surface area contributed by atoms with Crippen molar-refractivity contribution in [3.05, 3.63) is 60.7 Å². The van der Waals surface area contributed by atoms with Gasteiger partial charge >= 0.3 is 0 Å². The number of aromatic amines is 1. The highest BCUT2D eigenvalue weighted by Crippen LogP contribution is 2.26. The fourth-order valence-electron chi connectivity index (χ4n) is 2.26. The number of H-pyrrole nitrogens is 1. The van der Waals surface area contributed by atoms with Crippen molar-refractivity contribution in [1.29, 1.82) is 0 Å². The molecule has 4 heteroatoms. The summed E-state index contributed by atoms with van der Waals surface area (Å²) in [6.45, 7) is 2.14. The molecule has 3 rings (SSSR count). The van der Waals surface area contributed by atoms with E-state index < -0.39 is 0 Å². The van der Waals surface area contributed by atoms with E-state index in [1.54, 1.807) is 12.5 Å². The van der Waals surface area contributed by atoms with E-state index in [0.29, 0.717) is 0 Å². The Balaban J connectivity index is 1.82. The summed E-state index contributed by atoms with van der Waals surface area (Å²) in [5.41, 5.74) is 3.20. The van der Waals surface area contributed by atoms with Crippen molar-refractivity contribution < 1.29 is 4.42 Å². The molecule has 0 fully saturated rings. The SMILES string of the molecule is CCC(Nc1cccc(-c2ccn[nH]2)c1)c1ccco1. The van der Waals surface area contributed by atoms with Gasteiger partial charge in [0.2, 0.25) is 0 Å². The summed E-state index contributed by atoms with van der Waals surface area (Å²) in [5.74, 6) is 0.958. The third-order valence-electron chi connectivity index (χ3n) is 3.31. The number of furan rings is 1. The topological polar surface area (TPSA) is 53.9 Å². The number of rotatable bonds is 5. The molecule has 0 radical (unpaired) electrons. The Morgan fingerprint density at radius 1 is 1.25 bits per heavy atom. The Kier molecular flexibility index (Phi) is 3.54. The normalized spacial score (nSPS) is 12.2. The summed E-state index contributed by atoms with van der Waals surface area (Å²) in [5, 5.41) is 10.5. The molecule has 20 heavy (non-hydrogen) atoms. The monoisotopic (exact) mass is 267 g/mol. The highest BCUT2D eigenvalue weighted by molar-refractivity contribution is 5.64. The van der Waals surface area contributed by atoms with Crippen molar-refractivity contribution in [3.63, 3.8) is 0 Å². The standard InChI is InChI=1S/C16H17N3O/c1-2-14(16-7-4-10-20-16)18-13-6-3-5-12(11-13)15-8-9-17-19-15/h3-11,14,18H,2H2,1H3,(H,17,19). The van der Waals surface area contributed by atoms with Gasteiger partial charge in [-0.1, -0.05) is 19.1 Å². The number of nitrogens with one attached hydrogen (secondary N) is 2. The maximum atomic E-state index is 5.48. The number of anilines is 1. The number of aromatic nitrogens is 2. The minimum Gasteiger partial charge on any atom is -0.467 e. The fraction of sp³-hybridized carbons (Fsp3) is 0.188. The van der Waals surface area contributed by atoms with Crippen LogP contribution in [0.25, 0.3) is 11.3 Å². The molecular weight excluding hydrogens is 250 g/mol. The van der Waals surface area contributed by atoms with Gasteiger partial charge in [0.15, 0.2) is 0 Å². The van der Waals surface area contributed by atoms with E-state index in [1.807, 2.05) is 24.3 Å².